The molecule has 2 aromatic heterocycles. The number of fused-ring (bicyclic) bond motifs is 1. The quantitative estimate of drug-likeness (QED) is 0.763. The highest BCUT2D eigenvalue weighted by molar-refractivity contribution is 5.71. The Bertz CT molecular complexity index is 562. The van der Waals surface area contributed by atoms with Crippen LogP contribution < -0.4 is 0 Å². The van der Waals surface area contributed by atoms with E-state index in [0.717, 1.165) is 16.9 Å². The van der Waals surface area contributed by atoms with Crippen molar-refractivity contribution in [1.82, 2.24) is 14.3 Å². The Kier molecular flexibility index (Phi) is 3.62. The molecule has 0 N–H and O–H groups in total. The molecule has 2 rings (SSSR count). The van der Waals surface area contributed by atoms with Crippen LogP contribution in [0.15, 0.2) is 24.5 Å². The molecule has 0 atom stereocenters. The molecular formula is C13H17N3O2. The predicted octanol–water partition coefficient (Wildman–Crippen LogP) is 1.25. The summed E-state index contributed by atoms with van der Waals surface area (Å²) in [5, 5.41) is 0. The highest BCUT2D eigenvalue weighted by atomic mass is 16.5. The Morgan fingerprint density at radius 1 is 1.56 bits per heavy atom. The Labute approximate surface area is 106 Å². The number of rotatable bonds is 4. The van der Waals surface area contributed by atoms with Gasteiger partial charge in [0, 0.05) is 18.9 Å². The van der Waals surface area contributed by atoms with Crippen molar-refractivity contribution in [2.45, 2.75) is 13.5 Å². The average molecular weight is 247 g/mol. The molecule has 0 saturated heterocycles. The number of likely N-dealkylation sites (N-methyl/N-ethyl adjacent to an activating group) is 1. The van der Waals surface area contributed by atoms with E-state index in [1.807, 2.05) is 47.8 Å². The second-order valence-corrected chi connectivity index (χ2v) is 4.40. The number of hydrogen-bond donors (Lipinski definition) is 0. The fourth-order valence-electron chi connectivity index (χ4n) is 1.90. The molecule has 0 aliphatic carbocycles. The lowest BCUT2D eigenvalue weighted by atomic mass is 10.3. The Balaban J connectivity index is 2.12. The van der Waals surface area contributed by atoms with E-state index in [9.17, 15) is 4.79 Å². The lowest BCUT2D eigenvalue weighted by molar-refractivity contribution is -0.141. The van der Waals surface area contributed by atoms with Gasteiger partial charge in [0.05, 0.1) is 19.3 Å². The third-order valence-electron chi connectivity index (χ3n) is 2.79. The standard InChI is InChI=1S/C13H17N3O2/c1-10-5-4-6-16-8-11(14-13(10)16)7-15(2)9-12(17)18-3/h4-6,8H,7,9H2,1-3H3. The summed E-state index contributed by atoms with van der Waals surface area (Å²) in [5.74, 6) is -0.238. The number of ether oxygens (including phenoxy) is 1. The molecule has 0 unspecified atom stereocenters. The highest BCUT2D eigenvalue weighted by Crippen LogP contribution is 2.11. The van der Waals surface area contributed by atoms with E-state index in [2.05, 4.69) is 9.72 Å². The van der Waals surface area contributed by atoms with Gasteiger partial charge >= 0.3 is 5.97 Å². The molecule has 0 radical (unpaired) electrons. The Morgan fingerprint density at radius 2 is 2.33 bits per heavy atom. The van der Waals surface area contributed by atoms with Gasteiger partial charge in [-0.05, 0) is 25.6 Å². The third-order valence-corrected chi connectivity index (χ3v) is 2.79. The fraction of sp³-hybridized carbons (Fsp3) is 0.385. The summed E-state index contributed by atoms with van der Waals surface area (Å²) in [7, 11) is 3.26. The number of imidazole rings is 1. The van der Waals surface area contributed by atoms with Gasteiger partial charge in [0.1, 0.15) is 5.65 Å². The zero-order valence-corrected chi connectivity index (χ0v) is 10.9. The van der Waals surface area contributed by atoms with Crippen LogP contribution in [0.25, 0.3) is 5.65 Å². The fourth-order valence-corrected chi connectivity index (χ4v) is 1.90. The molecule has 96 valence electrons. The van der Waals surface area contributed by atoms with Crippen molar-refractivity contribution in [3.8, 4) is 0 Å². The summed E-state index contributed by atoms with van der Waals surface area (Å²) in [6.07, 6.45) is 3.95. The van der Waals surface area contributed by atoms with Gasteiger partial charge in [-0.3, -0.25) is 9.69 Å². The van der Waals surface area contributed by atoms with Crippen molar-refractivity contribution in [3.05, 3.63) is 35.8 Å². The van der Waals surface area contributed by atoms with Crippen LogP contribution in [0.5, 0.6) is 0 Å². The highest BCUT2D eigenvalue weighted by Gasteiger charge is 2.09. The van der Waals surface area contributed by atoms with Crippen LogP contribution in [-0.2, 0) is 16.1 Å². The van der Waals surface area contributed by atoms with E-state index in [1.165, 1.54) is 7.11 Å². The van der Waals surface area contributed by atoms with Crippen molar-refractivity contribution in [2.75, 3.05) is 20.7 Å². The molecular weight excluding hydrogens is 230 g/mol. The largest absolute Gasteiger partial charge is 0.468 e. The van der Waals surface area contributed by atoms with Crippen LogP contribution in [0.1, 0.15) is 11.3 Å². The van der Waals surface area contributed by atoms with Crippen molar-refractivity contribution in [1.29, 1.82) is 0 Å². The second-order valence-electron chi connectivity index (χ2n) is 4.40. The maximum atomic E-state index is 11.1. The normalized spacial score (nSPS) is 11.1. The summed E-state index contributed by atoms with van der Waals surface area (Å²) in [5.41, 5.74) is 3.04. The van der Waals surface area contributed by atoms with Gasteiger partial charge in [0.2, 0.25) is 0 Å². The monoisotopic (exact) mass is 247 g/mol. The van der Waals surface area contributed by atoms with Gasteiger partial charge in [0.15, 0.2) is 0 Å². The van der Waals surface area contributed by atoms with Crippen LogP contribution in [0.2, 0.25) is 0 Å². The van der Waals surface area contributed by atoms with Gasteiger partial charge in [-0.2, -0.15) is 0 Å². The number of methoxy groups -OCH3 is 1. The molecule has 2 aromatic rings. The number of aromatic nitrogens is 2. The summed E-state index contributed by atoms with van der Waals surface area (Å²) in [4.78, 5) is 17.6. The van der Waals surface area contributed by atoms with Crippen LogP contribution in [0.3, 0.4) is 0 Å². The summed E-state index contributed by atoms with van der Waals surface area (Å²) < 4.78 is 6.63. The predicted molar refractivity (Wildman–Crippen MR) is 68.3 cm³/mol. The average Bonchev–Trinajstić information content (AvgIpc) is 2.72. The molecule has 0 aliphatic rings. The first kappa shape index (κ1) is 12.6. The minimum absolute atomic E-state index is 0.238. The van der Waals surface area contributed by atoms with Gasteiger partial charge < -0.3 is 9.14 Å². The van der Waals surface area contributed by atoms with E-state index in [0.29, 0.717) is 6.54 Å². The first-order valence-electron chi connectivity index (χ1n) is 5.78. The van der Waals surface area contributed by atoms with E-state index in [1.54, 1.807) is 0 Å². The molecule has 0 bridgehead atoms. The number of aryl methyl sites for hydroxylation is 1. The summed E-state index contributed by atoms with van der Waals surface area (Å²) in [6, 6.07) is 4.02. The minimum Gasteiger partial charge on any atom is -0.468 e. The molecule has 0 fully saturated rings. The first-order valence-corrected chi connectivity index (χ1v) is 5.78. The van der Waals surface area contributed by atoms with E-state index >= 15 is 0 Å². The molecule has 2 heterocycles. The number of nitrogens with zero attached hydrogens (tertiary/aromatic N) is 3. The van der Waals surface area contributed by atoms with Crippen molar-refractivity contribution >= 4 is 11.6 Å². The van der Waals surface area contributed by atoms with E-state index < -0.39 is 0 Å². The van der Waals surface area contributed by atoms with Crippen LogP contribution in [-0.4, -0.2) is 41.0 Å². The lowest BCUT2D eigenvalue weighted by Crippen LogP contribution is -2.26. The van der Waals surface area contributed by atoms with Crippen LogP contribution in [0, 0.1) is 6.92 Å². The Hall–Kier alpha value is -1.88. The second kappa shape index (κ2) is 5.18. The van der Waals surface area contributed by atoms with Gasteiger partial charge in [-0.15, -0.1) is 0 Å². The molecule has 5 heteroatoms. The molecule has 0 aliphatic heterocycles. The molecule has 5 nitrogen and oxygen atoms in total. The molecule has 0 amide bonds. The topological polar surface area (TPSA) is 46.8 Å². The smallest absolute Gasteiger partial charge is 0.319 e. The first-order chi connectivity index (χ1) is 8.60. The van der Waals surface area contributed by atoms with Gasteiger partial charge in [-0.1, -0.05) is 6.07 Å². The molecule has 0 saturated carbocycles. The van der Waals surface area contributed by atoms with Crippen molar-refractivity contribution < 1.29 is 9.53 Å². The van der Waals surface area contributed by atoms with Gasteiger partial charge in [0.25, 0.3) is 0 Å². The number of pyridine rings is 1. The maximum absolute atomic E-state index is 11.1. The number of hydrogen-bond acceptors (Lipinski definition) is 4. The zero-order chi connectivity index (χ0) is 13.1. The van der Waals surface area contributed by atoms with E-state index in [-0.39, 0.29) is 12.5 Å². The van der Waals surface area contributed by atoms with Crippen molar-refractivity contribution in [3.63, 3.8) is 0 Å². The third kappa shape index (κ3) is 2.68. The van der Waals surface area contributed by atoms with Crippen molar-refractivity contribution in [2.24, 2.45) is 0 Å². The van der Waals surface area contributed by atoms with E-state index in [4.69, 9.17) is 0 Å². The molecule has 0 spiro atoms. The number of carbonyl (C=O) groups is 1. The Morgan fingerprint density at radius 3 is 3.00 bits per heavy atom. The van der Waals surface area contributed by atoms with Crippen LogP contribution >= 0.6 is 0 Å². The van der Waals surface area contributed by atoms with Gasteiger partial charge in [-0.25, -0.2) is 4.98 Å². The summed E-state index contributed by atoms with van der Waals surface area (Å²) >= 11 is 0. The molecule has 0 aromatic carbocycles. The minimum atomic E-state index is -0.238. The SMILES string of the molecule is COC(=O)CN(C)Cc1cn2cccc(C)c2n1. The maximum Gasteiger partial charge on any atom is 0.319 e. The molecule has 18 heavy (non-hydrogen) atoms. The summed E-state index contributed by atoms with van der Waals surface area (Å²) in [6.45, 7) is 2.92. The number of esters is 1. The number of carbonyl (C=O) groups excluding carboxylic acids is 1. The zero-order valence-electron chi connectivity index (χ0n) is 10.9. The lowest BCUT2D eigenvalue weighted by Gasteiger charge is -2.12. The van der Waals surface area contributed by atoms with Crippen LogP contribution in [0.4, 0.5) is 0 Å².